The van der Waals surface area contributed by atoms with Crippen molar-refractivity contribution in [1.29, 1.82) is 0 Å². The number of esters is 1. The third-order valence-electron chi connectivity index (χ3n) is 4.70. The van der Waals surface area contributed by atoms with Crippen molar-refractivity contribution in [3.63, 3.8) is 0 Å². The van der Waals surface area contributed by atoms with E-state index in [1.807, 2.05) is 22.6 Å². The molecule has 0 bridgehead atoms. The van der Waals surface area contributed by atoms with Crippen molar-refractivity contribution < 1.29 is 28.6 Å². The number of halogens is 3. The van der Waals surface area contributed by atoms with E-state index >= 15 is 0 Å². The molecule has 0 saturated heterocycles. The van der Waals surface area contributed by atoms with E-state index in [0.29, 0.717) is 25.7 Å². The first-order chi connectivity index (χ1) is 17.1. The Bertz CT molecular complexity index is 1140. The number of amides is 2. The lowest BCUT2D eigenvalue weighted by molar-refractivity contribution is -0.145. The third kappa shape index (κ3) is 8.52. The van der Waals surface area contributed by atoms with Crippen molar-refractivity contribution in [1.82, 2.24) is 10.7 Å². The minimum absolute atomic E-state index is 0.219. The minimum atomic E-state index is -0.850. The Hall–Kier alpha value is -2.57. The van der Waals surface area contributed by atoms with E-state index < -0.39 is 23.8 Å². The van der Waals surface area contributed by atoms with Crippen LogP contribution in [0.25, 0.3) is 0 Å². The Labute approximate surface area is 233 Å². The molecule has 36 heavy (non-hydrogen) atoms. The third-order valence-corrected chi connectivity index (χ3v) is 6.24. The predicted octanol–water partition coefficient (Wildman–Crippen LogP) is 4.45. The number of rotatable bonds is 11. The van der Waals surface area contributed by atoms with Crippen LogP contribution in [0.2, 0.25) is 10.0 Å². The molecule has 0 aliphatic heterocycles. The quantitative estimate of drug-likeness (QED) is 0.161. The van der Waals surface area contributed by atoms with E-state index in [0.717, 1.165) is 0 Å². The Morgan fingerprint density at radius 1 is 1.14 bits per heavy atom. The van der Waals surface area contributed by atoms with Gasteiger partial charge in [-0.05, 0) is 71.3 Å². The maximum Gasteiger partial charge on any atom is 0.344 e. The van der Waals surface area contributed by atoms with Gasteiger partial charge in [0, 0.05) is 5.56 Å². The zero-order valence-electron chi connectivity index (χ0n) is 20.1. The zero-order valence-corrected chi connectivity index (χ0v) is 23.7. The molecule has 0 fully saturated rings. The summed E-state index contributed by atoms with van der Waals surface area (Å²) in [5.41, 5.74) is 3.34. The lowest BCUT2D eigenvalue weighted by Gasteiger charge is -2.20. The molecule has 0 aliphatic carbocycles. The van der Waals surface area contributed by atoms with Crippen molar-refractivity contribution >= 4 is 69.8 Å². The number of carbonyl (C=O) groups is 3. The van der Waals surface area contributed by atoms with Crippen LogP contribution in [-0.4, -0.2) is 50.4 Å². The number of carbonyl (C=O) groups excluding carboxylic acids is 3. The van der Waals surface area contributed by atoms with Crippen molar-refractivity contribution in [3.8, 4) is 11.5 Å². The summed E-state index contributed by atoms with van der Waals surface area (Å²) in [5, 5.41) is 7.26. The minimum Gasteiger partial charge on any atom is -0.493 e. The van der Waals surface area contributed by atoms with Gasteiger partial charge in [0.15, 0.2) is 18.1 Å². The van der Waals surface area contributed by atoms with Crippen molar-refractivity contribution in [3.05, 3.63) is 55.1 Å². The standard InChI is InChI=1S/C24H26Cl2IN3O6/c1-5-35-20(31)12-36-22-18(27)8-14(9-19(22)34-4)11-28-30-24(33)21(13(2)3)29-23(32)15-6-7-16(25)17(26)10-15/h6-11,13,21H,5,12H2,1-4H3,(H,29,32)(H,30,33)/b28-11+. The predicted molar refractivity (Wildman–Crippen MR) is 146 cm³/mol. The van der Waals surface area contributed by atoms with Crippen LogP contribution in [0.5, 0.6) is 11.5 Å². The second-order valence-electron chi connectivity index (χ2n) is 7.69. The van der Waals surface area contributed by atoms with E-state index in [1.165, 1.54) is 31.5 Å². The summed E-state index contributed by atoms with van der Waals surface area (Å²) in [7, 11) is 1.47. The summed E-state index contributed by atoms with van der Waals surface area (Å²) in [5.74, 6) is -0.904. The van der Waals surface area contributed by atoms with Gasteiger partial charge < -0.3 is 19.5 Å². The normalized spacial score (nSPS) is 11.8. The molecule has 0 saturated carbocycles. The van der Waals surface area contributed by atoms with Gasteiger partial charge in [0.05, 0.1) is 33.5 Å². The SMILES string of the molecule is CCOC(=O)COc1c(I)cc(/C=N/NC(=O)C(NC(=O)c2ccc(Cl)c(Cl)c2)C(C)C)cc1OC. The van der Waals surface area contributed by atoms with Gasteiger partial charge in [0.25, 0.3) is 11.8 Å². The van der Waals surface area contributed by atoms with Gasteiger partial charge in [-0.1, -0.05) is 37.0 Å². The fraction of sp³-hybridized carbons (Fsp3) is 0.333. The molecule has 2 aromatic rings. The molecule has 1 unspecified atom stereocenters. The molecule has 9 nitrogen and oxygen atoms in total. The smallest absolute Gasteiger partial charge is 0.344 e. The number of ether oxygens (including phenoxy) is 3. The average molecular weight is 650 g/mol. The van der Waals surface area contributed by atoms with Crippen molar-refractivity contribution in [2.75, 3.05) is 20.3 Å². The topological polar surface area (TPSA) is 115 Å². The van der Waals surface area contributed by atoms with Crippen LogP contribution in [0.15, 0.2) is 35.4 Å². The van der Waals surface area contributed by atoms with Gasteiger partial charge in [0.2, 0.25) is 0 Å². The van der Waals surface area contributed by atoms with Crippen LogP contribution < -0.4 is 20.2 Å². The highest BCUT2D eigenvalue weighted by Crippen LogP contribution is 2.33. The van der Waals surface area contributed by atoms with Crippen LogP contribution >= 0.6 is 45.8 Å². The first-order valence-corrected chi connectivity index (χ1v) is 12.7. The average Bonchev–Trinajstić information content (AvgIpc) is 2.82. The molecule has 2 rings (SSSR count). The van der Waals surface area contributed by atoms with Gasteiger partial charge in [0.1, 0.15) is 6.04 Å². The maximum atomic E-state index is 12.7. The molecule has 194 valence electrons. The lowest BCUT2D eigenvalue weighted by Crippen LogP contribution is -2.48. The molecule has 2 amide bonds. The van der Waals surface area contributed by atoms with Crippen LogP contribution in [0.4, 0.5) is 0 Å². The van der Waals surface area contributed by atoms with E-state index in [9.17, 15) is 14.4 Å². The molecular formula is C24H26Cl2IN3O6. The Balaban J connectivity index is 2.08. The first kappa shape index (κ1) is 29.7. The molecule has 2 N–H and O–H groups in total. The highest BCUT2D eigenvalue weighted by Gasteiger charge is 2.25. The molecule has 2 aromatic carbocycles. The monoisotopic (exact) mass is 649 g/mol. The van der Waals surface area contributed by atoms with Gasteiger partial charge in [-0.2, -0.15) is 5.10 Å². The number of methoxy groups -OCH3 is 1. The van der Waals surface area contributed by atoms with Crippen LogP contribution in [0, 0.1) is 9.49 Å². The van der Waals surface area contributed by atoms with Crippen molar-refractivity contribution in [2.24, 2.45) is 11.0 Å². The second kappa shape index (κ2) is 14.2. The molecule has 0 aromatic heterocycles. The highest BCUT2D eigenvalue weighted by atomic mass is 127. The Kier molecular flexibility index (Phi) is 11.7. The molecule has 12 heteroatoms. The first-order valence-electron chi connectivity index (χ1n) is 10.8. The Morgan fingerprint density at radius 2 is 1.86 bits per heavy atom. The molecular weight excluding hydrogens is 624 g/mol. The molecule has 0 aliphatic rings. The van der Waals surface area contributed by atoms with Crippen molar-refractivity contribution in [2.45, 2.75) is 26.8 Å². The van der Waals surface area contributed by atoms with Gasteiger partial charge in [-0.15, -0.1) is 0 Å². The highest BCUT2D eigenvalue weighted by molar-refractivity contribution is 14.1. The van der Waals surface area contributed by atoms with Crippen LogP contribution in [0.3, 0.4) is 0 Å². The summed E-state index contributed by atoms with van der Waals surface area (Å²) in [6.45, 7) is 5.31. The number of hydrogen-bond donors (Lipinski definition) is 2. The molecule has 1 atom stereocenters. The summed E-state index contributed by atoms with van der Waals surface area (Å²) >= 11 is 13.9. The fourth-order valence-corrected chi connectivity index (χ4v) is 4.00. The van der Waals surface area contributed by atoms with E-state index in [2.05, 4.69) is 15.8 Å². The van der Waals surface area contributed by atoms with Gasteiger partial charge in [-0.3, -0.25) is 9.59 Å². The van der Waals surface area contributed by atoms with Gasteiger partial charge in [-0.25, -0.2) is 10.2 Å². The van der Waals surface area contributed by atoms with Gasteiger partial charge >= 0.3 is 5.97 Å². The van der Waals surface area contributed by atoms with Crippen LogP contribution in [-0.2, 0) is 14.3 Å². The lowest BCUT2D eigenvalue weighted by atomic mass is 10.0. The zero-order chi connectivity index (χ0) is 26.8. The summed E-state index contributed by atoms with van der Waals surface area (Å²) in [6, 6.07) is 7.00. The molecule has 0 spiro atoms. The second-order valence-corrected chi connectivity index (χ2v) is 9.66. The van der Waals surface area contributed by atoms with E-state index in [-0.39, 0.29) is 29.7 Å². The summed E-state index contributed by atoms with van der Waals surface area (Å²) in [6.07, 6.45) is 1.43. The largest absolute Gasteiger partial charge is 0.493 e. The van der Waals surface area contributed by atoms with E-state index in [1.54, 1.807) is 32.9 Å². The molecule has 0 radical (unpaired) electrons. The number of nitrogens with one attached hydrogen (secondary N) is 2. The van der Waals surface area contributed by atoms with Crippen LogP contribution in [0.1, 0.15) is 36.7 Å². The number of hydrogen-bond acceptors (Lipinski definition) is 7. The Morgan fingerprint density at radius 3 is 2.47 bits per heavy atom. The number of benzene rings is 2. The fourth-order valence-electron chi connectivity index (χ4n) is 2.93. The number of hydrazone groups is 1. The molecule has 0 heterocycles. The summed E-state index contributed by atoms with van der Waals surface area (Å²) in [4.78, 5) is 36.9. The van der Waals surface area contributed by atoms with E-state index in [4.69, 9.17) is 37.4 Å². The number of nitrogens with zero attached hydrogens (tertiary/aromatic N) is 1. The maximum absolute atomic E-state index is 12.7. The summed E-state index contributed by atoms with van der Waals surface area (Å²) < 4.78 is 16.4.